The molecule has 1 aromatic carbocycles. The van der Waals surface area contributed by atoms with E-state index in [1.165, 1.54) is 6.07 Å². The minimum absolute atomic E-state index is 0.0154. The SMILES string of the molecule is COc1ccc(-c2[nH]ncc2C(=O)N2CC3CC(C2)c2ccc([NH+]([O-])O)c(=O)n2C3)cc1. The number of rotatable bonds is 4. The van der Waals surface area contributed by atoms with Gasteiger partial charge in [0.05, 0.1) is 24.6 Å². The van der Waals surface area contributed by atoms with Crippen LogP contribution in [0.1, 0.15) is 28.4 Å². The van der Waals surface area contributed by atoms with Crippen LogP contribution in [0, 0.1) is 11.1 Å². The highest BCUT2D eigenvalue weighted by atomic mass is 16.8. The van der Waals surface area contributed by atoms with Crippen molar-refractivity contribution in [3.63, 3.8) is 0 Å². The van der Waals surface area contributed by atoms with E-state index in [4.69, 9.17) is 4.74 Å². The summed E-state index contributed by atoms with van der Waals surface area (Å²) in [6, 6.07) is 10.5. The molecule has 2 aliphatic rings. The average molecular weight is 437 g/mol. The van der Waals surface area contributed by atoms with Crippen LogP contribution in [0.25, 0.3) is 11.3 Å². The number of ether oxygens (including phenoxy) is 1. The minimum atomic E-state index is -1.22. The van der Waals surface area contributed by atoms with Gasteiger partial charge in [0.15, 0.2) is 0 Å². The Kier molecular flexibility index (Phi) is 5.04. The van der Waals surface area contributed by atoms with Crippen molar-refractivity contribution in [2.75, 3.05) is 20.2 Å². The first-order valence-electron chi connectivity index (χ1n) is 10.4. The molecule has 166 valence electrons. The number of pyridine rings is 1. The molecule has 32 heavy (non-hydrogen) atoms. The van der Waals surface area contributed by atoms with E-state index in [2.05, 4.69) is 10.2 Å². The Morgan fingerprint density at radius 2 is 2.00 bits per heavy atom. The normalized spacial score (nSPS) is 20.5. The molecule has 0 spiro atoms. The molecule has 2 aliphatic heterocycles. The third-order valence-electron chi connectivity index (χ3n) is 6.37. The summed E-state index contributed by atoms with van der Waals surface area (Å²) >= 11 is 0. The van der Waals surface area contributed by atoms with Crippen molar-refractivity contribution in [2.45, 2.75) is 18.9 Å². The Hall–Kier alpha value is -3.47. The molecule has 0 radical (unpaired) electrons. The molecule has 3 N–H and O–H groups in total. The van der Waals surface area contributed by atoms with E-state index in [0.717, 1.165) is 23.4 Å². The second-order valence-corrected chi connectivity index (χ2v) is 8.29. The predicted octanol–water partition coefficient (Wildman–Crippen LogP) is 0.910. The summed E-state index contributed by atoms with van der Waals surface area (Å²) in [6.45, 7) is 1.38. The second-order valence-electron chi connectivity index (χ2n) is 8.29. The average Bonchev–Trinajstić information content (AvgIpc) is 3.29. The Morgan fingerprint density at radius 1 is 1.22 bits per heavy atom. The fourth-order valence-corrected chi connectivity index (χ4v) is 4.87. The molecule has 4 heterocycles. The molecule has 1 saturated heterocycles. The lowest BCUT2D eigenvalue weighted by Gasteiger charge is -2.42. The summed E-state index contributed by atoms with van der Waals surface area (Å²) in [5.74, 6) is 0.684. The highest BCUT2D eigenvalue weighted by Gasteiger charge is 2.38. The van der Waals surface area contributed by atoms with Crippen LogP contribution < -0.4 is 15.5 Å². The fraction of sp³-hybridized carbons (Fsp3) is 0.318. The number of hydrogen-bond acceptors (Lipinski definition) is 6. The van der Waals surface area contributed by atoms with Gasteiger partial charge in [-0.3, -0.25) is 14.7 Å². The molecule has 10 heteroatoms. The van der Waals surface area contributed by atoms with Crippen LogP contribution in [0.4, 0.5) is 5.69 Å². The molecule has 2 bridgehead atoms. The number of amides is 1. The van der Waals surface area contributed by atoms with Gasteiger partial charge < -0.3 is 19.4 Å². The number of methoxy groups -OCH3 is 1. The maximum atomic E-state index is 13.4. The summed E-state index contributed by atoms with van der Waals surface area (Å²) in [6.07, 6.45) is 2.41. The lowest BCUT2D eigenvalue weighted by molar-refractivity contribution is -0.992. The number of carbonyl (C=O) groups excluding carboxylic acids is 1. The van der Waals surface area contributed by atoms with E-state index in [9.17, 15) is 20.0 Å². The number of quaternary nitrogens is 1. The predicted molar refractivity (Wildman–Crippen MR) is 114 cm³/mol. The van der Waals surface area contributed by atoms with Gasteiger partial charge in [-0.1, -0.05) is 0 Å². The summed E-state index contributed by atoms with van der Waals surface area (Å²) in [7, 11) is 1.60. The molecule has 2 aromatic heterocycles. The van der Waals surface area contributed by atoms with Gasteiger partial charge in [-0.25, -0.2) is 5.21 Å². The minimum Gasteiger partial charge on any atom is -0.595 e. The molecule has 1 fully saturated rings. The number of nitrogens with one attached hydrogen (secondary N) is 2. The topological polar surface area (TPSA) is 128 Å². The number of H-pyrrole nitrogens is 1. The smallest absolute Gasteiger partial charge is 0.315 e. The first-order valence-corrected chi connectivity index (χ1v) is 10.4. The third kappa shape index (κ3) is 3.38. The van der Waals surface area contributed by atoms with Crippen molar-refractivity contribution in [3.05, 3.63) is 69.4 Å². The third-order valence-corrected chi connectivity index (χ3v) is 6.37. The van der Waals surface area contributed by atoms with Crippen LogP contribution in [-0.4, -0.2) is 51.0 Å². The standard InChI is InChI=1S/C22H23N5O5/c1-32-16-4-2-14(3-5-16)20-17(9-23-24-20)21(28)25-10-13-8-15(12-25)18-6-7-19(27(30)31)22(29)26(18)11-13/h2-7,9,13,15,27,30H,8,10-12H2,1H3,(H,23,24). The highest BCUT2D eigenvalue weighted by Crippen LogP contribution is 2.36. The number of aromatic nitrogens is 3. The van der Waals surface area contributed by atoms with Crippen molar-refractivity contribution < 1.29 is 20.0 Å². The number of piperidine rings is 1. The molecule has 5 rings (SSSR count). The zero-order valence-electron chi connectivity index (χ0n) is 17.4. The van der Waals surface area contributed by atoms with Gasteiger partial charge in [-0.2, -0.15) is 10.3 Å². The van der Waals surface area contributed by atoms with Gasteiger partial charge in [0, 0.05) is 42.9 Å². The number of aromatic amines is 1. The lowest BCUT2D eigenvalue weighted by Crippen LogP contribution is -3.00. The number of nitrogens with zero attached hydrogens (tertiary/aromatic N) is 3. The van der Waals surface area contributed by atoms with Crippen molar-refractivity contribution in [2.24, 2.45) is 5.92 Å². The maximum Gasteiger partial charge on any atom is 0.315 e. The maximum absolute atomic E-state index is 13.4. The molecule has 10 nitrogen and oxygen atoms in total. The van der Waals surface area contributed by atoms with E-state index < -0.39 is 10.8 Å². The summed E-state index contributed by atoms with van der Waals surface area (Å²) in [5.41, 5.74) is 2.08. The van der Waals surface area contributed by atoms with Crippen molar-refractivity contribution in [1.29, 1.82) is 0 Å². The van der Waals surface area contributed by atoms with Crippen LogP contribution in [0.3, 0.4) is 0 Å². The highest BCUT2D eigenvalue weighted by molar-refractivity contribution is 5.99. The van der Waals surface area contributed by atoms with Crippen LogP contribution >= 0.6 is 0 Å². The van der Waals surface area contributed by atoms with Gasteiger partial charge in [0.1, 0.15) is 5.75 Å². The number of carbonyl (C=O) groups is 1. The first-order chi connectivity index (χ1) is 15.5. The first kappa shape index (κ1) is 20.4. The van der Waals surface area contributed by atoms with E-state index in [1.807, 2.05) is 29.2 Å². The molecule has 3 unspecified atom stereocenters. The molecule has 3 aromatic rings. The molecule has 0 aliphatic carbocycles. The van der Waals surface area contributed by atoms with Crippen molar-refractivity contribution in [3.8, 4) is 17.0 Å². The van der Waals surface area contributed by atoms with E-state index >= 15 is 0 Å². The van der Waals surface area contributed by atoms with Crippen LogP contribution in [0.5, 0.6) is 5.75 Å². The second kappa shape index (κ2) is 7.90. The zero-order valence-corrected chi connectivity index (χ0v) is 17.4. The van der Waals surface area contributed by atoms with E-state index in [1.54, 1.807) is 23.9 Å². The largest absolute Gasteiger partial charge is 0.595 e. The number of hydrogen-bond donors (Lipinski definition) is 3. The number of benzene rings is 1. The Balaban J connectivity index is 1.42. The summed E-state index contributed by atoms with van der Waals surface area (Å²) in [5, 5.41) is 26.4. The van der Waals surface area contributed by atoms with Gasteiger partial charge in [0.25, 0.3) is 5.91 Å². The molecular weight excluding hydrogens is 414 g/mol. The number of likely N-dealkylation sites (tertiary alicyclic amines) is 1. The molecule has 1 amide bonds. The summed E-state index contributed by atoms with van der Waals surface area (Å²) in [4.78, 5) is 27.9. The van der Waals surface area contributed by atoms with E-state index in [0.29, 0.717) is 30.9 Å². The van der Waals surface area contributed by atoms with Crippen LogP contribution in [0.2, 0.25) is 0 Å². The molecule has 3 atom stereocenters. The lowest BCUT2D eigenvalue weighted by atomic mass is 9.83. The van der Waals surface area contributed by atoms with Crippen molar-refractivity contribution >= 4 is 11.6 Å². The fourth-order valence-electron chi connectivity index (χ4n) is 4.87. The number of fused-ring (bicyclic) bond motifs is 4. The van der Waals surface area contributed by atoms with E-state index in [-0.39, 0.29) is 23.4 Å². The van der Waals surface area contributed by atoms with Crippen molar-refractivity contribution in [1.82, 2.24) is 19.7 Å². The van der Waals surface area contributed by atoms with Gasteiger partial charge in [0.2, 0.25) is 5.69 Å². The van der Waals surface area contributed by atoms with Gasteiger partial charge in [-0.15, -0.1) is 0 Å². The Morgan fingerprint density at radius 3 is 2.72 bits per heavy atom. The molecular formula is C22H23N5O5. The van der Waals surface area contributed by atoms with Gasteiger partial charge in [-0.05, 0) is 42.7 Å². The van der Waals surface area contributed by atoms with Crippen LogP contribution in [0.15, 0.2) is 47.4 Å². The van der Waals surface area contributed by atoms with Crippen LogP contribution in [-0.2, 0) is 6.54 Å². The summed E-state index contributed by atoms with van der Waals surface area (Å²) < 4.78 is 6.78. The monoisotopic (exact) mass is 437 g/mol. The quantitative estimate of drug-likeness (QED) is 0.521. The molecule has 0 saturated carbocycles. The Labute approximate surface area is 183 Å². The zero-order chi connectivity index (χ0) is 22.4. The van der Waals surface area contributed by atoms with Gasteiger partial charge >= 0.3 is 5.56 Å². The Bertz CT molecular complexity index is 1220.